The summed E-state index contributed by atoms with van der Waals surface area (Å²) in [5.74, 6) is 0.265. The SMILES string of the molecule is Cl.O=C(NC1CCNCC1)C1(Sc2ccccc2)CCCC1. The third kappa shape index (κ3) is 4.18. The number of carbonyl (C=O) groups excluding carboxylic acids is 1. The Morgan fingerprint density at radius 2 is 1.77 bits per heavy atom. The van der Waals surface area contributed by atoms with Gasteiger partial charge in [-0.3, -0.25) is 4.79 Å². The van der Waals surface area contributed by atoms with Crippen LogP contribution in [0.15, 0.2) is 35.2 Å². The molecule has 122 valence electrons. The molecule has 2 fully saturated rings. The van der Waals surface area contributed by atoms with Gasteiger partial charge in [0, 0.05) is 10.9 Å². The van der Waals surface area contributed by atoms with E-state index in [4.69, 9.17) is 0 Å². The highest BCUT2D eigenvalue weighted by molar-refractivity contribution is 8.01. The number of hydrogen-bond donors (Lipinski definition) is 2. The molecular weight excluding hydrogens is 316 g/mol. The van der Waals surface area contributed by atoms with Crippen molar-refractivity contribution >= 4 is 30.1 Å². The standard InChI is InChI=1S/C17H24N2OS.ClH/c20-16(19-14-8-12-18-13-9-14)17(10-4-5-11-17)21-15-6-2-1-3-7-15;/h1-3,6-7,14,18H,4-5,8-13H2,(H,19,20);1H. The summed E-state index contributed by atoms with van der Waals surface area (Å²) in [5, 5.41) is 6.67. The lowest BCUT2D eigenvalue weighted by Crippen LogP contribution is -2.49. The van der Waals surface area contributed by atoms with Gasteiger partial charge >= 0.3 is 0 Å². The van der Waals surface area contributed by atoms with Crippen LogP contribution in [0.2, 0.25) is 0 Å². The Morgan fingerprint density at radius 3 is 2.41 bits per heavy atom. The first-order valence-electron chi connectivity index (χ1n) is 8.04. The van der Waals surface area contributed by atoms with Crippen molar-refractivity contribution < 1.29 is 4.79 Å². The molecule has 1 saturated carbocycles. The second-order valence-electron chi connectivity index (χ2n) is 6.11. The van der Waals surface area contributed by atoms with Crippen LogP contribution in [0.4, 0.5) is 0 Å². The summed E-state index contributed by atoms with van der Waals surface area (Å²) in [6.07, 6.45) is 6.45. The molecule has 0 atom stereocenters. The first kappa shape index (κ1) is 17.6. The number of hydrogen-bond acceptors (Lipinski definition) is 3. The monoisotopic (exact) mass is 340 g/mol. The van der Waals surface area contributed by atoms with Crippen LogP contribution in [0.5, 0.6) is 0 Å². The molecule has 1 amide bonds. The third-order valence-electron chi connectivity index (χ3n) is 4.56. The lowest BCUT2D eigenvalue weighted by molar-refractivity contribution is -0.124. The predicted octanol–water partition coefficient (Wildman–Crippen LogP) is 3.38. The van der Waals surface area contributed by atoms with Gasteiger partial charge in [-0.1, -0.05) is 31.0 Å². The molecule has 0 radical (unpaired) electrons. The summed E-state index contributed by atoms with van der Waals surface area (Å²) in [7, 11) is 0. The van der Waals surface area contributed by atoms with Gasteiger partial charge in [-0.2, -0.15) is 0 Å². The van der Waals surface area contributed by atoms with E-state index < -0.39 is 0 Å². The Balaban J connectivity index is 0.00000176. The van der Waals surface area contributed by atoms with E-state index in [9.17, 15) is 4.79 Å². The number of carbonyl (C=O) groups is 1. The molecule has 0 spiro atoms. The molecule has 1 saturated heterocycles. The van der Waals surface area contributed by atoms with Gasteiger partial charge < -0.3 is 10.6 Å². The number of nitrogens with one attached hydrogen (secondary N) is 2. The fraction of sp³-hybridized carbons (Fsp3) is 0.588. The molecule has 1 aliphatic carbocycles. The van der Waals surface area contributed by atoms with Crippen LogP contribution in [-0.4, -0.2) is 29.8 Å². The van der Waals surface area contributed by atoms with Crippen molar-refractivity contribution in [3.63, 3.8) is 0 Å². The van der Waals surface area contributed by atoms with Crippen molar-refractivity contribution in [2.75, 3.05) is 13.1 Å². The van der Waals surface area contributed by atoms with E-state index in [1.807, 2.05) is 6.07 Å². The van der Waals surface area contributed by atoms with E-state index in [-0.39, 0.29) is 23.1 Å². The van der Waals surface area contributed by atoms with Crippen molar-refractivity contribution in [3.05, 3.63) is 30.3 Å². The zero-order valence-electron chi connectivity index (χ0n) is 12.8. The van der Waals surface area contributed by atoms with E-state index in [1.54, 1.807) is 11.8 Å². The molecular formula is C17H25ClN2OS. The normalized spacial score (nSPS) is 21.1. The van der Waals surface area contributed by atoms with Crippen molar-refractivity contribution in [1.82, 2.24) is 10.6 Å². The van der Waals surface area contributed by atoms with E-state index in [0.717, 1.165) is 38.8 Å². The quantitative estimate of drug-likeness (QED) is 0.882. The van der Waals surface area contributed by atoms with Crippen LogP contribution < -0.4 is 10.6 Å². The third-order valence-corrected chi connectivity index (χ3v) is 6.05. The van der Waals surface area contributed by atoms with Gasteiger partial charge in [0.15, 0.2) is 0 Å². The van der Waals surface area contributed by atoms with Crippen LogP contribution in [0.1, 0.15) is 38.5 Å². The van der Waals surface area contributed by atoms with Crippen molar-refractivity contribution in [1.29, 1.82) is 0 Å². The summed E-state index contributed by atoms with van der Waals surface area (Å²) in [6, 6.07) is 10.7. The maximum atomic E-state index is 12.9. The highest BCUT2D eigenvalue weighted by atomic mass is 35.5. The number of benzene rings is 1. The van der Waals surface area contributed by atoms with E-state index in [0.29, 0.717) is 6.04 Å². The minimum atomic E-state index is -0.244. The lowest BCUT2D eigenvalue weighted by Gasteiger charge is -2.31. The number of piperidine rings is 1. The molecule has 3 rings (SSSR count). The predicted molar refractivity (Wildman–Crippen MR) is 94.8 cm³/mol. The topological polar surface area (TPSA) is 41.1 Å². The van der Waals surface area contributed by atoms with Gasteiger partial charge in [-0.15, -0.1) is 24.2 Å². The summed E-state index contributed by atoms with van der Waals surface area (Å²) < 4.78 is -0.244. The molecule has 0 unspecified atom stereocenters. The van der Waals surface area contributed by atoms with Crippen LogP contribution >= 0.6 is 24.2 Å². The average Bonchev–Trinajstić information content (AvgIpc) is 2.99. The Kier molecular flexibility index (Phi) is 6.60. The number of amides is 1. The number of thioether (sulfide) groups is 1. The minimum absolute atomic E-state index is 0. The van der Waals surface area contributed by atoms with Crippen molar-refractivity contribution in [2.45, 2.75) is 54.2 Å². The summed E-state index contributed by atoms with van der Waals surface area (Å²) >= 11 is 1.77. The second-order valence-corrected chi connectivity index (χ2v) is 7.57. The Morgan fingerprint density at radius 1 is 1.14 bits per heavy atom. The van der Waals surface area contributed by atoms with E-state index >= 15 is 0 Å². The molecule has 2 aliphatic rings. The highest BCUT2D eigenvalue weighted by Crippen LogP contribution is 2.45. The maximum Gasteiger partial charge on any atom is 0.236 e. The van der Waals surface area contributed by atoms with Crippen LogP contribution in [0, 0.1) is 0 Å². The van der Waals surface area contributed by atoms with Crippen LogP contribution in [-0.2, 0) is 4.79 Å². The zero-order valence-corrected chi connectivity index (χ0v) is 14.5. The molecule has 22 heavy (non-hydrogen) atoms. The van der Waals surface area contributed by atoms with Gasteiger partial charge in [0.05, 0.1) is 4.75 Å². The number of rotatable bonds is 4. The summed E-state index contributed by atoms with van der Waals surface area (Å²) in [4.78, 5) is 14.1. The Labute approximate surface area is 143 Å². The van der Waals surface area contributed by atoms with Gasteiger partial charge in [0.1, 0.15) is 0 Å². The van der Waals surface area contributed by atoms with Crippen molar-refractivity contribution in [2.24, 2.45) is 0 Å². The molecule has 3 nitrogen and oxygen atoms in total. The van der Waals surface area contributed by atoms with E-state index in [2.05, 4.69) is 34.9 Å². The molecule has 1 heterocycles. The highest BCUT2D eigenvalue weighted by Gasteiger charge is 2.42. The molecule has 5 heteroatoms. The Bertz CT molecular complexity index is 471. The van der Waals surface area contributed by atoms with Gasteiger partial charge in [0.25, 0.3) is 0 Å². The molecule has 1 aromatic carbocycles. The Hall–Kier alpha value is -0.710. The van der Waals surface area contributed by atoms with Gasteiger partial charge in [-0.05, 0) is 50.9 Å². The maximum absolute atomic E-state index is 12.9. The van der Waals surface area contributed by atoms with Gasteiger partial charge in [0.2, 0.25) is 5.91 Å². The fourth-order valence-corrected chi connectivity index (χ4v) is 4.71. The summed E-state index contributed by atoms with van der Waals surface area (Å²) in [5.41, 5.74) is 0. The van der Waals surface area contributed by atoms with E-state index in [1.165, 1.54) is 17.7 Å². The molecule has 2 N–H and O–H groups in total. The van der Waals surface area contributed by atoms with Gasteiger partial charge in [-0.25, -0.2) is 0 Å². The van der Waals surface area contributed by atoms with Crippen molar-refractivity contribution in [3.8, 4) is 0 Å². The second kappa shape index (κ2) is 8.23. The van der Waals surface area contributed by atoms with Crippen LogP contribution in [0.3, 0.4) is 0 Å². The molecule has 1 aromatic rings. The number of halogens is 1. The summed E-state index contributed by atoms with van der Waals surface area (Å²) in [6.45, 7) is 2.04. The van der Waals surface area contributed by atoms with Crippen LogP contribution in [0.25, 0.3) is 0 Å². The smallest absolute Gasteiger partial charge is 0.236 e. The molecule has 0 aromatic heterocycles. The average molecular weight is 341 g/mol. The minimum Gasteiger partial charge on any atom is -0.352 e. The first-order valence-corrected chi connectivity index (χ1v) is 8.86. The zero-order chi connectivity index (χ0) is 14.5. The molecule has 0 bridgehead atoms. The molecule has 1 aliphatic heterocycles. The largest absolute Gasteiger partial charge is 0.352 e. The lowest BCUT2D eigenvalue weighted by atomic mass is 10.0. The fourth-order valence-electron chi connectivity index (χ4n) is 3.32. The first-order chi connectivity index (χ1) is 10.3.